The van der Waals surface area contributed by atoms with Crippen LogP contribution in [0, 0.1) is 0 Å². The molecule has 0 aliphatic carbocycles. The van der Waals surface area contributed by atoms with E-state index in [1.165, 1.54) is 7.11 Å². The summed E-state index contributed by atoms with van der Waals surface area (Å²) in [5.74, 6) is 1.34. The van der Waals surface area contributed by atoms with Crippen LogP contribution in [0.3, 0.4) is 0 Å². The molecule has 0 fully saturated rings. The molecule has 2 rings (SSSR count). The van der Waals surface area contributed by atoms with Gasteiger partial charge in [-0.2, -0.15) is 0 Å². The molecule has 0 saturated carbocycles. The molecule has 0 saturated heterocycles. The van der Waals surface area contributed by atoms with Gasteiger partial charge in [-0.05, 0) is 24.3 Å². The summed E-state index contributed by atoms with van der Waals surface area (Å²) in [7, 11) is 4.60. The van der Waals surface area contributed by atoms with Crippen molar-refractivity contribution in [2.45, 2.75) is 12.8 Å². The van der Waals surface area contributed by atoms with Crippen molar-refractivity contribution in [3.8, 4) is 17.2 Å². The van der Waals surface area contributed by atoms with Crippen molar-refractivity contribution in [2.24, 2.45) is 0 Å². The van der Waals surface area contributed by atoms with E-state index in [0.29, 0.717) is 28.5 Å². The Balaban J connectivity index is 1.97. The molecule has 0 heterocycles. The molecule has 1 amide bonds. The van der Waals surface area contributed by atoms with Crippen LogP contribution in [0.25, 0.3) is 0 Å². The van der Waals surface area contributed by atoms with Crippen LogP contribution in [-0.4, -0.2) is 33.0 Å². The summed E-state index contributed by atoms with van der Waals surface area (Å²) < 4.78 is 15.5. The highest BCUT2D eigenvalue weighted by atomic mass is 16.5. The number of hydrogen-bond donors (Lipinski definition) is 1. The lowest BCUT2D eigenvalue weighted by Gasteiger charge is -2.11. The van der Waals surface area contributed by atoms with Crippen LogP contribution < -0.4 is 19.5 Å². The van der Waals surface area contributed by atoms with Crippen molar-refractivity contribution in [1.29, 1.82) is 0 Å². The number of rotatable bonds is 8. The molecular weight excluding hydrogens is 322 g/mol. The molecule has 0 bridgehead atoms. The van der Waals surface area contributed by atoms with E-state index in [1.807, 2.05) is 0 Å². The highest BCUT2D eigenvalue weighted by molar-refractivity contribution is 6.00. The minimum Gasteiger partial charge on any atom is -0.497 e. The topological polar surface area (TPSA) is 73.9 Å². The first-order chi connectivity index (χ1) is 12.1. The van der Waals surface area contributed by atoms with Gasteiger partial charge in [0.1, 0.15) is 17.2 Å². The number of anilines is 1. The number of nitrogens with one attached hydrogen (secondary N) is 1. The average Bonchev–Trinajstić information content (AvgIpc) is 2.66. The van der Waals surface area contributed by atoms with Gasteiger partial charge in [-0.3, -0.25) is 9.59 Å². The molecule has 0 aliphatic heterocycles. The van der Waals surface area contributed by atoms with E-state index in [-0.39, 0.29) is 24.5 Å². The fraction of sp³-hybridized carbons (Fsp3) is 0.263. The third kappa shape index (κ3) is 4.97. The summed E-state index contributed by atoms with van der Waals surface area (Å²) in [6, 6.07) is 12.0. The zero-order chi connectivity index (χ0) is 18.2. The predicted molar refractivity (Wildman–Crippen MR) is 94.7 cm³/mol. The highest BCUT2D eigenvalue weighted by Gasteiger charge is 2.13. The fourth-order valence-electron chi connectivity index (χ4n) is 2.29. The van der Waals surface area contributed by atoms with E-state index in [1.54, 1.807) is 56.7 Å². The van der Waals surface area contributed by atoms with E-state index in [4.69, 9.17) is 14.2 Å². The number of carbonyl (C=O) groups excluding carboxylic acids is 2. The average molecular weight is 343 g/mol. The summed E-state index contributed by atoms with van der Waals surface area (Å²) >= 11 is 0. The molecule has 0 unspecified atom stereocenters. The van der Waals surface area contributed by atoms with Crippen molar-refractivity contribution >= 4 is 17.4 Å². The number of methoxy groups -OCH3 is 3. The van der Waals surface area contributed by atoms with E-state index >= 15 is 0 Å². The Bertz CT molecular complexity index is 757. The summed E-state index contributed by atoms with van der Waals surface area (Å²) in [5.41, 5.74) is 1.02. The number of Topliss-reactive ketones (excluding diaryl/α,β-unsaturated/α-hetero) is 1. The van der Waals surface area contributed by atoms with Gasteiger partial charge in [-0.15, -0.1) is 0 Å². The number of amides is 1. The predicted octanol–water partition coefficient (Wildman–Crippen LogP) is 3.31. The molecule has 25 heavy (non-hydrogen) atoms. The Morgan fingerprint density at radius 1 is 0.880 bits per heavy atom. The molecule has 0 atom stereocenters. The lowest BCUT2D eigenvalue weighted by Crippen LogP contribution is -2.14. The third-order valence-corrected chi connectivity index (χ3v) is 3.65. The SMILES string of the molecule is COc1cccc(C(=O)CCC(=O)Nc2cc(OC)ccc2OC)c1. The largest absolute Gasteiger partial charge is 0.497 e. The Morgan fingerprint density at radius 2 is 1.60 bits per heavy atom. The van der Waals surface area contributed by atoms with E-state index in [0.717, 1.165) is 0 Å². The standard InChI is InChI=1S/C19H21NO5/c1-23-14-6-4-5-13(11-14)17(21)8-10-19(22)20-16-12-15(24-2)7-9-18(16)25-3/h4-7,9,11-12H,8,10H2,1-3H3,(H,20,22). The molecule has 6 nitrogen and oxygen atoms in total. The normalized spacial score (nSPS) is 10.0. The van der Waals surface area contributed by atoms with Crippen LogP contribution in [-0.2, 0) is 4.79 Å². The highest BCUT2D eigenvalue weighted by Crippen LogP contribution is 2.29. The molecule has 132 valence electrons. The maximum Gasteiger partial charge on any atom is 0.224 e. The van der Waals surface area contributed by atoms with Gasteiger partial charge < -0.3 is 19.5 Å². The summed E-state index contributed by atoms with van der Waals surface area (Å²) in [6.07, 6.45) is 0.168. The molecule has 0 aliphatic rings. The van der Waals surface area contributed by atoms with Crippen molar-refractivity contribution in [1.82, 2.24) is 0 Å². The second-order valence-corrected chi connectivity index (χ2v) is 5.27. The molecule has 2 aromatic carbocycles. The van der Waals surface area contributed by atoms with Crippen molar-refractivity contribution in [2.75, 3.05) is 26.6 Å². The van der Waals surface area contributed by atoms with E-state index in [9.17, 15) is 9.59 Å². The second-order valence-electron chi connectivity index (χ2n) is 5.27. The Hall–Kier alpha value is -3.02. The first-order valence-electron chi connectivity index (χ1n) is 7.76. The first kappa shape index (κ1) is 18.3. The lowest BCUT2D eigenvalue weighted by atomic mass is 10.1. The zero-order valence-corrected chi connectivity index (χ0v) is 14.5. The van der Waals surface area contributed by atoms with Crippen LogP contribution in [0.15, 0.2) is 42.5 Å². The molecule has 1 N–H and O–H groups in total. The van der Waals surface area contributed by atoms with Gasteiger partial charge in [0, 0.05) is 24.5 Å². The minimum absolute atomic E-state index is 0.0659. The molecule has 0 radical (unpaired) electrons. The third-order valence-electron chi connectivity index (χ3n) is 3.65. The van der Waals surface area contributed by atoms with Crippen LogP contribution in [0.2, 0.25) is 0 Å². The number of ketones is 1. The van der Waals surface area contributed by atoms with Crippen molar-refractivity contribution in [3.63, 3.8) is 0 Å². The van der Waals surface area contributed by atoms with Crippen molar-refractivity contribution < 1.29 is 23.8 Å². The minimum atomic E-state index is -0.275. The Morgan fingerprint density at radius 3 is 2.28 bits per heavy atom. The molecule has 2 aromatic rings. The summed E-state index contributed by atoms with van der Waals surface area (Å²) in [5, 5.41) is 2.74. The van der Waals surface area contributed by atoms with Gasteiger partial charge in [0.2, 0.25) is 5.91 Å². The lowest BCUT2D eigenvalue weighted by molar-refractivity contribution is -0.116. The molecule has 0 spiro atoms. The van der Waals surface area contributed by atoms with Crippen LogP contribution >= 0.6 is 0 Å². The van der Waals surface area contributed by atoms with Crippen LogP contribution in [0.5, 0.6) is 17.2 Å². The monoisotopic (exact) mass is 343 g/mol. The second kappa shape index (κ2) is 8.73. The number of ether oxygens (including phenoxy) is 3. The maximum atomic E-state index is 12.2. The summed E-state index contributed by atoms with van der Waals surface area (Å²) in [4.78, 5) is 24.4. The quantitative estimate of drug-likeness (QED) is 0.744. The Kier molecular flexibility index (Phi) is 6.39. The van der Waals surface area contributed by atoms with Crippen molar-refractivity contribution in [3.05, 3.63) is 48.0 Å². The Labute approximate surface area is 146 Å². The van der Waals surface area contributed by atoms with Gasteiger partial charge in [-0.1, -0.05) is 12.1 Å². The van der Waals surface area contributed by atoms with E-state index < -0.39 is 0 Å². The fourth-order valence-corrected chi connectivity index (χ4v) is 2.29. The number of benzene rings is 2. The van der Waals surface area contributed by atoms with Crippen LogP contribution in [0.4, 0.5) is 5.69 Å². The van der Waals surface area contributed by atoms with Gasteiger partial charge in [-0.25, -0.2) is 0 Å². The number of hydrogen-bond acceptors (Lipinski definition) is 5. The first-order valence-corrected chi connectivity index (χ1v) is 7.76. The number of carbonyl (C=O) groups is 2. The van der Waals surface area contributed by atoms with Crippen LogP contribution in [0.1, 0.15) is 23.2 Å². The van der Waals surface area contributed by atoms with E-state index in [2.05, 4.69) is 5.32 Å². The van der Waals surface area contributed by atoms with Gasteiger partial charge in [0.05, 0.1) is 27.0 Å². The summed E-state index contributed by atoms with van der Waals surface area (Å²) in [6.45, 7) is 0. The molecular formula is C19H21NO5. The smallest absolute Gasteiger partial charge is 0.224 e. The van der Waals surface area contributed by atoms with Gasteiger partial charge >= 0.3 is 0 Å². The molecule has 0 aromatic heterocycles. The van der Waals surface area contributed by atoms with Gasteiger partial charge in [0.25, 0.3) is 0 Å². The maximum absolute atomic E-state index is 12.2. The van der Waals surface area contributed by atoms with Gasteiger partial charge in [0.15, 0.2) is 5.78 Å². The zero-order valence-electron chi connectivity index (χ0n) is 14.5. The molecule has 6 heteroatoms.